The molecule has 0 N–H and O–H groups in total. The Hall–Kier alpha value is -0.330. The highest BCUT2D eigenvalue weighted by Crippen LogP contribution is 2.40. The van der Waals surface area contributed by atoms with E-state index in [4.69, 9.17) is 0 Å². The van der Waals surface area contributed by atoms with E-state index < -0.39 is 0 Å². The smallest absolute Gasteiger partial charge is 0.144 e. The quantitative estimate of drug-likeness (QED) is 0.570. The lowest BCUT2D eigenvalue weighted by Crippen LogP contribution is -2.39. The molecule has 0 aromatic rings. The fourth-order valence-corrected chi connectivity index (χ4v) is 2.73. The Bertz CT molecular complexity index is 199. The molecule has 16 heavy (non-hydrogen) atoms. The maximum Gasteiger partial charge on any atom is 0.144 e. The van der Waals surface area contributed by atoms with Gasteiger partial charge in [0.25, 0.3) is 0 Å². The average molecular weight is 226 g/mol. The molecule has 1 nitrogen and oxygen atoms in total. The van der Waals surface area contributed by atoms with Crippen molar-refractivity contribution >= 4 is 5.78 Å². The summed E-state index contributed by atoms with van der Waals surface area (Å²) in [5.41, 5.74) is -0.205. The first-order valence-corrected chi connectivity index (χ1v) is 6.95. The molecular weight excluding hydrogens is 196 g/mol. The van der Waals surface area contributed by atoms with Crippen LogP contribution in [-0.4, -0.2) is 5.78 Å². The fraction of sp³-hybridized carbons (Fsp3) is 0.933. The second kappa shape index (κ2) is 6.42. The Balaban J connectivity index is 4.96. The van der Waals surface area contributed by atoms with Gasteiger partial charge in [0.15, 0.2) is 0 Å². The van der Waals surface area contributed by atoms with Gasteiger partial charge in [0.2, 0.25) is 0 Å². The molecule has 0 fully saturated rings. The maximum absolute atomic E-state index is 12.7. The van der Waals surface area contributed by atoms with E-state index in [1.165, 1.54) is 0 Å². The van der Waals surface area contributed by atoms with Crippen LogP contribution in [0.4, 0.5) is 0 Å². The van der Waals surface area contributed by atoms with Crippen LogP contribution in [0.1, 0.15) is 80.1 Å². The average Bonchev–Trinajstić information content (AvgIpc) is 2.28. The van der Waals surface area contributed by atoms with Crippen LogP contribution in [0.3, 0.4) is 0 Å². The van der Waals surface area contributed by atoms with Gasteiger partial charge < -0.3 is 0 Å². The van der Waals surface area contributed by atoms with E-state index in [1.54, 1.807) is 0 Å². The number of carbonyl (C=O) groups excluding carboxylic acids is 1. The predicted molar refractivity (Wildman–Crippen MR) is 71.6 cm³/mol. The summed E-state index contributed by atoms with van der Waals surface area (Å²) in [6.07, 6.45) is 6.20. The molecule has 0 bridgehead atoms. The lowest BCUT2D eigenvalue weighted by Gasteiger charge is -2.37. The molecular formula is C15H30O. The van der Waals surface area contributed by atoms with Crippen molar-refractivity contribution in [1.29, 1.82) is 0 Å². The number of ketones is 1. The normalized spacial score (nSPS) is 18.9. The topological polar surface area (TPSA) is 17.1 Å². The van der Waals surface area contributed by atoms with Gasteiger partial charge in [-0.2, -0.15) is 0 Å². The predicted octanol–water partition coefficient (Wildman–Crippen LogP) is 4.99. The maximum atomic E-state index is 12.7. The van der Waals surface area contributed by atoms with Crippen molar-refractivity contribution in [3.63, 3.8) is 0 Å². The van der Waals surface area contributed by atoms with Gasteiger partial charge in [-0.1, -0.05) is 54.4 Å². The molecule has 0 aliphatic heterocycles. The van der Waals surface area contributed by atoms with Crippen molar-refractivity contribution in [3.8, 4) is 0 Å². The molecule has 0 heterocycles. The highest BCUT2D eigenvalue weighted by atomic mass is 16.1. The van der Waals surface area contributed by atoms with E-state index in [0.717, 1.165) is 38.5 Å². The first kappa shape index (κ1) is 15.7. The first-order valence-electron chi connectivity index (χ1n) is 6.95. The number of carbonyl (C=O) groups is 1. The van der Waals surface area contributed by atoms with Crippen LogP contribution >= 0.6 is 0 Å². The minimum absolute atomic E-state index is 0.102. The molecule has 2 unspecified atom stereocenters. The minimum atomic E-state index is -0.102. The molecule has 0 amide bonds. The van der Waals surface area contributed by atoms with Crippen LogP contribution in [0.25, 0.3) is 0 Å². The first-order chi connectivity index (χ1) is 7.40. The van der Waals surface area contributed by atoms with Gasteiger partial charge in [-0.15, -0.1) is 0 Å². The summed E-state index contributed by atoms with van der Waals surface area (Å²) in [5, 5.41) is 0. The fourth-order valence-electron chi connectivity index (χ4n) is 2.73. The summed E-state index contributed by atoms with van der Waals surface area (Å²) in [6.45, 7) is 12.9. The summed E-state index contributed by atoms with van der Waals surface area (Å²) >= 11 is 0. The standard InChI is InChI=1S/C15H30O/c1-7-11-14(5,9-3)13(16)15(6,10-4)12-8-2/h7-12H2,1-6H3. The zero-order chi connectivity index (χ0) is 12.8. The monoisotopic (exact) mass is 226 g/mol. The van der Waals surface area contributed by atoms with Crippen LogP contribution in [-0.2, 0) is 4.79 Å². The van der Waals surface area contributed by atoms with Gasteiger partial charge in [0, 0.05) is 10.8 Å². The summed E-state index contributed by atoms with van der Waals surface area (Å²) < 4.78 is 0. The minimum Gasteiger partial charge on any atom is -0.298 e. The third-order valence-corrected chi connectivity index (χ3v) is 4.26. The van der Waals surface area contributed by atoms with Crippen LogP contribution in [0.5, 0.6) is 0 Å². The van der Waals surface area contributed by atoms with Gasteiger partial charge >= 0.3 is 0 Å². The summed E-state index contributed by atoms with van der Waals surface area (Å²) in [5.74, 6) is 0.494. The Morgan fingerprint density at radius 1 is 0.812 bits per heavy atom. The molecule has 2 atom stereocenters. The van der Waals surface area contributed by atoms with E-state index in [2.05, 4.69) is 41.5 Å². The van der Waals surface area contributed by atoms with Crippen LogP contribution < -0.4 is 0 Å². The van der Waals surface area contributed by atoms with E-state index in [-0.39, 0.29) is 10.8 Å². The zero-order valence-corrected chi connectivity index (χ0v) is 12.2. The molecule has 0 aromatic carbocycles. The lowest BCUT2D eigenvalue weighted by atomic mass is 9.65. The number of Topliss-reactive ketones (excluding diaryl/α,β-unsaturated/α-hetero) is 1. The second-order valence-corrected chi connectivity index (χ2v) is 5.66. The van der Waals surface area contributed by atoms with E-state index >= 15 is 0 Å². The third-order valence-electron chi connectivity index (χ3n) is 4.26. The Morgan fingerprint density at radius 2 is 1.12 bits per heavy atom. The third kappa shape index (κ3) is 3.33. The molecule has 0 saturated carbocycles. The van der Waals surface area contributed by atoms with E-state index in [1.807, 2.05) is 0 Å². The van der Waals surface area contributed by atoms with Gasteiger partial charge in [0.05, 0.1) is 0 Å². The molecule has 96 valence electrons. The van der Waals surface area contributed by atoms with Crippen molar-refractivity contribution in [1.82, 2.24) is 0 Å². The number of rotatable bonds is 8. The van der Waals surface area contributed by atoms with Crippen LogP contribution in [0.15, 0.2) is 0 Å². The molecule has 0 saturated heterocycles. The highest BCUT2D eigenvalue weighted by molar-refractivity contribution is 5.89. The van der Waals surface area contributed by atoms with E-state index in [9.17, 15) is 4.79 Å². The Labute approximate surface area is 102 Å². The van der Waals surface area contributed by atoms with Crippen LogP contribution in [0.2, 0.25) is 0 Å². The highest BCUT2D eigenvalue weighted by Gasteiger charge is 2.41. The van der Waals surface area contributed by atoms with Crippen LogP contribution in [0, 0.1) is 10.8 Å². The Kier molecular flexibility index (Phi) is 6.28. The molecule has 0 rings (SSSR count). The summed E-state index contributed by atoms with van der Waals surface area (Å²) in [6, 6.07) is 0. The summed E-state index contributed by atoms with van der Waals surface area (Å²) in [4.78, 5) is 12.7. The van der Waals surface area contributed by atoms with Gasteiger partial charge in [-0.05, 0) is 25.7 Å². The van der Waals surface area contributed by atoms with Gasteiger partial charge in [0.1, 0.15) is 5.78 Å². The van der Waals surface area contributed by atoms with Gasteiger partial charge in [-0.3, -0.25) is 4.79 Å². The molecule has 0 aliphatic rings. The number of hydrogen-bond donors (Lipinski definition) is 0. The SMILES string of the molecule is CCCC(C)(CC)C(=O)C(C)(CC)CCC. The van der Waals surface area contributed by atoms with Crippen molar-refractivity contribution in [3.05, 3.63) is 0 Å². The molecule has 0 radical (unpaired) electrons. The molecule has 0 aliphatic carbocycles. The van der Waals surface area contributed by atoms with E-state index in [0.29, 0.717) is 5.78 Å². The number of hydrogen-bond acceptors (Lipinski definition) is 1. The van der Waals surface area contributed by atoms with Crippen molar-refractivity contribution < 1.29 is 4.79 Å². The molecule has 0 aromatic heterocycles. The molecule has 1 heteroatoms. The molecule has 0 spiro atoms. The zero-order valence-electron chi connectivity index (χ0n) is 12.2. The second-order valence-electron chi connectivity index (χ2n) is 5.66. The van der Waals surface area contributed by atoms with Crippen molar-refractivity contribution in [2.45, 2.75) is 80.1 Å². The van der Waals surface area contributed by atoms with Crippen molar-refractivity contribution in [2.24, 2.45) is 10.8 Å². The summed E-state index contributed by atoms with van der Waals surface area (Å²) in [7, 11) is 0. The Morgan fingerprint density at radius 3 is 1.31 bits per heavy atom. The van der Waals surface area contributed by atoms with Gasteiger partial charge in [-0.25, -0.2) is 0 Å². The van der Waals surface area contributed by atoms with Crippen molar-refractivity contribution in [2.75, 3.05) is 0 Å². The lowest BCUT2D eigenvalue weighted by molar-refractivity contribution is -0.139. The largest absolute Gasteiger partial charge is 0.298 e.